The number of carbonyl (C=O) groups excluding carboxylic acids is 3. The highest BCUT2D eigenvalue weighted by atomic mass is 16.5. The molecular formula is C24H24N2O5. The number of primary amides is 1. The first-order chi connectivity index (χ1) is 14.9. The van der Waals surface area contributed by atoms with E-state index < -0.39 is 17.7 Å². The Hall–Kier alpha value is -3.87. The number of nitrogens with zero attached hydrogens (tertiary/aromatic N) is 1. The average molecular weight is 420 g/mol. The Labute approximate surface area is 180 Å². The number of ketones is 1. The molecule has 0 saturated carbocycles. The van der Waals surface area contributed by atoms with Crippen LogP contribution in [-0.2, 0) is 22.5 Å². The summed E-state index contributed by atoms with van der Waals surface area (Å²) in [5.41, 5.74) is 8.16. The predicted octanol–water partition coefficient (Wildman–Crippen LogP) is 2.98. The molecule has 2 N–H and O–H groups in total. The molecule has 3 rings (SSSR count). The summed E-state index contributed by atoms with van der Waals surface area (Å²) in [6.45, 7) is 3.00. The molecule has 1 amide bonds. The maximum Gasteiger partial charge on any atom is 0.338 e. The van der Waals surface area contributed by atoms with E-state index in [1.807, 2.05) is 35.8 Å². The maximum absolute atomic E-state index is 12.4. The molecule has 0 aliphatic rings. The van der Waals surface area contributed by atoms with Gasteiger partial charge in [-0.15, -0.1) is 0 Å². The fraction of sp³-hybridized carbons (Fsp3) is 0.208. The van der Waals surface area contributed by atoms with E-state index in [1.165, 1.54) is 7.11 Å². The molecule has 31 heavy (non-hydrogen) atoms. The van der Waals surface area contributed by atoms with Gasteiger partial charge in [0.25, 0.3) is 11.7 Å². The Kier molecular flexibility index (Phi) is 6.87. The number of Topliss-reactive ketones (excluding diaryl/α,β-unsaturated/α-hetero) is 1. The fourth-order valence-electron chi connectivity index (χ4n) is 3.38. The van der Waals surface area contributed by atoms with Crippen LogP contribution in [0.3, 0.4) is 0 Å². The first-order valence-corrected chi connectivity index (χ1v) is 9.83. The van der Waals surface area contributed by atoms with Gasteiger partial charge in [-0.2, -0.15) is 0 Å². The number of esters is 1. The van der Waals surface area contributed by atoms with Gasteiger partial charge >= 0.3 is 5.97 Å². The Morgan fingerprint density at radius 1 is 0.935 bits per heavy atom. The number of nitrogens with two attached hydrogens (primary N) is 1. The monoisotopic (exact) mass is 420 g/mol. The molecule has 0 fully saturated rings. The Morgan fingerprint density at radius 3 is 2.29 bits per heavy atom. The van der Waals surface area contributed by atoms with Crippen molar-refractivity contribution in [2.75, 3.05) is 13.7 Å². The zero-order valence-electron chi connectivity index (χ0n) is 17.5. The van der Waals surface area contributed by atoms with Crippen molar-refractivity contribution in [3.05, 3.63) is 88.7 Å². The van der Waals surface area contributed by atoms with Crippen LogP contribution in [0.2, 0.25) is 0 Å². The summed E-state index contributed by atoms with van der Waals surface area (Å²) < 4.78 is 12.1. The maximum atomic E-state index is 12.4. The third-order valence-corrected chi connectivity index (χ3v) is 4.83. The summed E-state index contributed by atoms with van der Waals surface area (Å²) in [6.07, 6.45) is 3.68. The SMILES string of the molecule is CCOc1ccc(Cn2cc(Cc3ccccc3C(=O)OC)c(C(=O)C(N)=O)c2)cc1. The summed E-state index contributed by atoms with van der Waals surface area (Å²) in [4.78, 5) is 36.1. The minimum absolute atomic E-state index is 0.220. The molecule has 1 heterocycles. The molecule has 0 atom stereocenters. The number of carbonyl (C=O) groups is 3. The molecule has 0 saturated heterocycles. The molecule has 0 radical (unpaired) electrons. The molecule has 0 spiro atoms. The molecule has 2 aromatic carbocycles. The van der Waals surface area contributed by atoms with Crippen molar-refractivity contribution in [3.8, 4) is 5.75 Å². The van der Waals surface area contributed by atoms with Gasteiger partial charge in [0.05, 0.1) is 19.3 Å². The minimum Gasteiger partial charge on any atom is -0.494 e. The number of aromatic nitrogens is 1. The third-order valence-electron chi connectivity index (χ3n) is 4.83. The van der Waals surface area contributed by atoms with Crippen LogP contribution >= 0.6 is 0 Å². The highest BCUT2D eigenvalue weighted by Gasteiger charge is 2.21. The fourth-order valence-corrected chi connectivity index (χ4v) is 3.38. The van der Waals surface area contributed by atoms with Crippen LogP contribution in [0, 0.1) is 0 Å². The lowest BCUT2D eigenvalue weighted by molar-refractivity contribution is -0.114. The third kappa shape index (κ3) is 5.19. The van der Waals surface area contributed by atoms with Crippen molar-refractivity contribution in [1.29, 1.82) is 0 Å². The number of methoxy groups -OCH3 is 1. The minimum atomic E-state index is -1.03. The molecular weight excluding hydrogens is 396 g/mol. The van der Waals surface area contributed by atoms with Crippen LogP contribution in [0.25, 0.3) is 0 Å². The quantitative estimate of drug-likeness (QED) is 0.326. The lowest BCUT2D eigenvalue weighted by atomic mass is 9.98. The molecule has 0 bridgehead atoms. The zero-order chi connectivity index (χ0) is 22.4. The topological polar surface area (TPSA) is 101 Å². The van der Waals surface area contributed by atoms with Crippen LogP contribution < -0.4 is 10.5 Å². The summed E-state index contributed by atoms with van der Waals surface area (Å²) in [7, 11) is 1.31. The molecule has 7 nitrogen and oxygen atoms in total. The first kappa shape index (κ1) is 21.8. The number of hydrogen-bond acceptors (Lipinski definition) is 5. The van der Waals surface area contributed by atoms with Gasteiger partial charge < -0.3 is 19.8 Å². The van der Waals surface area contributed by atoms with E-state index in [-0.39, 0.29) is 12.0 Å². The molecule has 0 aliphatic heterocycles. The van der Waals surface area contributed by atoms with Crippen molar-refractivity contribution in [2.45, 2.75) is 19.9 Å². The molecule has 1 aromatic heterocycles. The smallest absolute Gasteiger partial charge is 0.338 e. The van der Waals surface area contributed by atoms with E-state index in [4.69, 9.17) is 15.2 Å². The van der Waals surface area contributed by atoms with E-state index in [0.717, 1.165) is 11.3 Å². The number of hydrogen-bond donors (Lipinski definition) is 1. The Morgan fingerprint density at radius 2 is 1.65 bits per heavy atom. The molecule has 0 aliphatic carbocycles. The second-order valence-corrected chi connectivity index (χ2v) is 6.97. The van der Waals surface area contributed by atoms with Gasteiger partial charge in [0.2, 0.25) is 0 Å². The van der Waals surface area contributed by atoms with E-state index in [1.54, 1.807) is 36.7 Å². The summed E-state index contributed by atoms with van der Waals surface area (Å²) in [6, 6.07) is 14.6. The number of amides is 1. The van der Waals surface area contributed by atoms with Crippen LogP contribution in [0.4, 0.5) is 0 Å². The van der Waals surface area contributed by atoms with E-state index >= 15 is 0 Å². The highest BCUT2D eigenvalue weighted by Crippen LogP contribution is 2.21. The molecule has 3 aromatic rings. The van der Waals surface area contributed by atoms with Gasteiger partial charge in [-0.05, 0) is 41.8 Å². The summed E-state index contributed by atoms with van der Waals surface area (Å²) >= 11 is 0. The van der Waals surface area contributed by atoms with Crippen LogP contribution in [0.15, 0.2) is 60.9 Å². The summed E-state index contributed by atoms with van der Waals surface area (Å²) in [5, 5.41) is 0. The Balaban J connectivity index is 1.93. The van der Waals surface area contributed by atoms with E-state index in [2.05, 4.69) is 0 Å². The van der Waals surface area contributed by atoms with Crippen LogP contribution in [0.5, 0.6) is 5.75 Å². The highest BCUT2D eigenvalue weighted by molar-refractivity contribution is 6.42. The largest absolute Gasteiger partial charge is 0.494 e. The summed E-state index contributed by atoms with van der Waals surface area (Å²) in [5.74, 6) is -1.48. The lowest BCUT2D eigenvalue weighted by Gasteiger charge is -2.08. The number of benzene rings is 2. The Bertz CT molecular complexity index is 1100. The van der Waals surface area contributed by atoms with E-state index in [0.29, 0.717) is 29.8 Å². The van der Waals surface area contributed by atoms with Crippen molar-refractivity contribution in [2.24, 2.45) is 5.73 Å². The van der Waals surface area contributed by atoms with Gasteiger partial charge in [-0.1, -0.05) is 30.3 Å². The normalized spacial score (nSPS) is 10.5. The van der Waals surface area contributed by atoms with Crippen molar-refractivity contribution in [1.82, 2.24) is 4.57 Å². The molecule has 7 heteroatoms. The van der Waals surface area contributed by atoms with Crippen LogP contribution in [0.1, 0.15) is 44.3 Å². The first-order valence-electron chi connectivity index (χ1n) is 9.83. The van der Waals surface area contributed by atoms with Gasteiger partial charge in [0.1, 0.15) is 5.75 Å². The van der Waals surface area contributed by atoms with Gasteiger partial charge in [0, 0.05) is 30.9 Å². The van der Waals surface area contributed by atoms with Crippen LogP contribution in [-0.4, -0.2) is 35.9 Å². The second-order valence-electron chi connectivity index (χ2n) is 6.97. The average Bonchev–Trinajstić information content (AvgIpc) is 3.16. The lowest BCUT2D eigenvalue weighted by Crippen LogP contribution is -2.23. The van der Waals surface area contributed by atoms with E-state index in [9.17, 15) is 14.4 Å². The van der Waals surface area contributed by atoms with Crippen molar-refractivity contribution < 1.29 is 23.9 Å². The number of ether oxygens (including phenoxy) is 2. The van der Waals surface area contributed by atoms with Crippen molar-refractivity contribution >= 4 is 17.7 Å². The standard InChI is InChI=1S/C24H24N2O5/c1-3-31-19-10-8-16(9-11-19)13-26-14-18(21(15-26)22(27)23(25)28)12-17-6-4-5-7-20(17)24(29)30-2/h4-11,14-15H,3,12-13H2,1-2H3,(H2,25,28). The predicted molar refractivity (Wildman–Crippen MR) is 115 cm³/mol. The van der Waals surface area contributed by atoms with Gasteiger partial charge in [-0.25, -0.2) is 4.79 Å². The van der Waals surface area contributed by atoms with Crippen molar-refractivity contribution in [3.63, 3.8) is 0 Å². The van der Waals surface area contributed by atoms with Gasteiger partial charge in [-0.3, -0.25) is 9.59 Å². The molecule has 160 valence electrons. The zero-order valence-corrected chi connectivity index (χ0v) is 17.5. The second kappa shape index (κ2) is 9.75. The van der Waals surface area contributed by atoms with Gasteiger partial charge in [0.15, 0.2) is 0 Å². The number of rotatable bonds is 9. The molecule has 0 unspecified atom stereocenters.